The third kappa shape index (κ3) is 9.24. The first kappa shape index (κ1) is 36.9. The van der Waals surface area contributed by atoms with E-state index in [1.54, 1.807) is 30.3 Å². The summed E-state index contributed by atoms with van der Waals surface area (Å²) in [5.74, 6) is 1.82. The molecule has 0 saturated carbocycles. The highest BCUT2D eigenvalue weighted by Crippen LogP contribution is 2.48. The molecular weight excluding hydrogens is 666 g/mol. The molecular formula is C35H42FN6O7P. The van der Waals surface area contributed by atoms with Crippen LogP contribution in [0.4, 0.5) is 10.2 Å². The highest BCUT2D eigenvalue weighted by Gasteiger charge is 2.50. The number of aliphatic hydroxyl groups is 1. The fourth-order valence-corrected chi connectivity index (χ4v) is 7.13. The maximum absolute atomic E-state index is 14.6. The van der Waals surface area contributed by atoms with Crippen molar-refractivity contribution in [1.29, 1.82) is 0 Å². The number of ether oxygens (including phenoxy) is 2. The lowest BCUT2D eigenvalue weighted by Gasteiger charge is -2.30. The Morgan fingerprint density at radius 1 is 1.16 bits per heavy atom. The molecule has 2 aromatic carbocycles. The van der Waals surface area contributed by atoms with Crippen molar-refractivity contribution in [2.45, 2.75) is 82.3 Å². The van der Waals surface area contributed by atoms with Gasteiger partial charge in [0.25, 0.3) is 0 Å². The summed E-state index contributed by atoms with van der Waals surface area (Å²) in [4.78, 5) is 24.9. The van der Waals surface area contributed by atoms with E-state index in [9.17, 15) is 18.9 Å². The molecule has 0 radical (unpaired) electrons. The number of unbranched alkanes of at least 4 members (excludes halogenated alkanes) is 5. The van der Waals surface area contributed by atoms with Gasteiger partial charge in [0.1, 0.15) is 30.7 Å². The van der Waals surface area contributed by atoms with E-state index in [0.29, 0.717) is 6.42 Å². The molecule has 266 valence electrons. The van der Waals surface area contributed by atoms with Crippen LogP contribution in [-0.4, -0.2) is 61.6 Å². The number of rotatable bonds is 18. The van der Waals surface area contributed by atoms with E-state index in [0.717, 1.165) is 37.7 Å². The Hall–Kier alpha value is -4.38. The van der Waals surface area contributed by atoms with Crippen molar-refractivity contribution in [3.63, 3.8) is 0 Å². The van der Waals surface area contributed by atoms with Crippen LogP contribution in [0.5, 0.6) is 5.75 Å². The molecule has 0 amide bonds. The predicted molar refractivity (Wildman–Crippen MR) is 184 cm³/mol. The Labute approximate surface area is 290 Å². The van der Waals surface area contributed by atoms with Gasteiger partial charge in [-0.2, -0.15) is 19.4 Å². The highest BCUT2D eigenvalue weighted by molar-refractivity contribution is 7.52. The maximum atomic E-state index is 14.6. The smallest absolute Gasteiger partial charge is 0.459 e. The number of carbonyl (C=O) groups excluding carboxylic acids is 1. The molecule has 0 aliphatic carbocycles. The van der Waals surface area contributed by atoms with Gasteiger partial charge in [-0.15, -0.1) is 6.42 Å². The molecule has 0 bridgehead atoms. The molecule has 1 fully saturated rings. The van der Waals surface area contributed by atoms with Gasteiger partial charge in [-0.25, -0.2) is 9.55 Å². The van der Waals surface area contributed by atoms with Crippen LogP contribution in [0.3, 0.4) is 0 Å². The normalized spacial score (nSPS) is 20.6. The number of para-hydroxylation sites is 1. The third-order valence-electron chi connectivity index (χ3n) is 8.33. The van der Waals surface area contributed by atoms with E-state index in [2.05, 4.69) is 32.9 Å². The second-order valence-corrected chi connectivity index (χ2v) is 13.7. The average molecular weight is 709 g/mol. The van der Waals surface area contributed by atoms with Crippen molar-refractivity contribution in [2.75, 3.05) is 18.9 Å². The molecule has 50 heavy (non-hydrogen) atoms. The van der Waals surface area contributed by atoms with Gasteiger partial charge < -0.3 is 24.8 Å². The number of esters is 1. The van der Waals surface area contributed by atoms with Crippen LogP contribution < -0.4 is 15.3 Å². The van der Waals surface area contributed by atoms with Crippen molar-refractivity contribution >= 4 is 30.7 Å². The summed E-state index contributed by atoms with van der Waals surface area (Å²) in [7, 11) is -4.46. The summed E-state index contributed by atoms with van der Waals surface area (Å²) in [5, 5.41) is 14.0. The Morgan fingerprint density at radius 2 is 1.86 bits per heavy atom. The molecule has 15 heteroatoms. The van der Waals surface area contributed by atoms with E-state index < -0.39 is 50.4 Å². The number of aliphatic hydroxyl groups excluding tert-OH is 1. The number of hydrogen-bond donors (Lipinski definition) is 3. The van der Waals surface area contributed by atoms with Crippen molar-refractivity contribution in [3.8, 4) is 18.1 Å². The zero-order valence-corrected chi connectivity index (χ0v) is 28.7. The third-order valence-corrected chi connectivity index (χ3v) is 9.87. The van der Waals surface area contributed by atoms with Crippen LogP contribution in [0, 0.1) is 18.4 Å². The SMILES string of the molecule is C#C[C@]1(CO[P@@](=O)(N[C@@H](Cc2ccccc2)C(=O)OCCCCCCCC)Oc2ccccc2)O[C@@H](n2cnc3c(N)nc(F)nc32)C[C@@H]1O. The van der Waals surface area contributed by atoms with Gasteiger partial charge in [0, 0.05) is 6.42 Å². The Balaban J connectivity index is 1.36. The Morgan fingerprint density at radius 3 is 2.58 bits per heavy atom. The van der Waals surface area contributed by atoms with Crippen molar-refractivity contribution in [2.24, 2.45) is 0 Å². The molecule has 4 aromatic rings. The fourth-order valence-electron chi connectivity index (χ4n) is 5.61. The maximum Gasteiger partial charge on any atom is 0.459 e. The number of fused-ring (bicyclic) bond motifs is 1. The monoisotopic (exact) mass is 708 g/mol. The van der Waals surface area contributed by atoms with Gasteiger partial charge in [-0.05, 0) is 30.5 Å². The molecule has 3 heterocycles. The van der Waals surface area contributed by atoms with Crippen LogP contribution >= 0.6 is 7.75 Å². The molecule has 0 unspecified atom stereocenters. The number of benzene rings is 2. The number of imidazole rings is 1. The molecule has 0 spiro atoms. The average Bonchev–Trinajstić information content (AvgIpc) is 3.68. The molecule has 2 aromatic heterocycles. The van der Waals surface area contributed by atoms with E-state index >= 15 is 0 Å². The first-order valence-corrected chi connectivity index (χ1v) is 18.2. The molecule has 1 saturated heterocycles. The van der Waals surface area contributed by atoms with Gasteiger partial charge in [0.2, 0.25) is 0 Å². The summed E-state index contributed by atoms with van der Waals surface area (Å²) in [6, 6.07) is 16.3. The van der Waals surface area contributed by atoms with Gasteiger partial charge in [-0.3, -0.25) is 13.9 Å². The standard InChI is InChI=1S/C35H42FN6O7P/c1-3-5-6-7-8-15-20-46-33(44)27(21-25-16-11-9-12-17-25)41-50(45,49-26-18-13-10-14-19-26)47-23-35(4-2)28(43)22-29(48-35)42-24-38-30-31(37)39-34(36)40-32(30)42/h2,9-14,16-19,24,27-29,43H,3,5-8,15,20-23H2,1H3,(H,41,45)(H2,37,39,40)/t27-,28-,29+,35+,50-/m0/s1. The Kier molecular flexibility index (Phi) is 12.6. The summed E-state index contributed by atoms with van der Waals surface area (Å²) in [6.45, 7) is 1.73. The first-order chi connectivity index (χ1) is 24.1. The summed E-state index contributed by atoms with van der Waals surface area (Å²) >= 11 is 0. The fraction of sp³-hybridized carbons (Fsp3) is 0.429. The van der Waals surface area contributed by atoms with E-state index in [4.69, 9.17) is 30.7 Å². The number of nitrogens with one attached hydrogen (secondary N) is 1. The number of terminal acetylenes is 1. The molecule has 4 N–H and O–H groups in total. The lowest BCUT2D eigenvalue weighted by Crippen LogP contribution is -2.44. The topological polar surface area (TPSA) is 173 Å². The largest absolute Gasteiger partial charge is 0.465 e. The second-order valence-electron chi connectivity index (χ2n) is 12.0. The van der Waals surface area contributed by atoms with Crippen LogP contribution in [0.15, 0.2) is 67.0 Å². The lowest BCUT2D eigenvalue weighted by molar-refractivity contribution is -0.146. The van der Waals surface area contributed by atoms with Crippen LogP contribution in [0.25, 0.3) is 11.2 Å². The number of nitrogen functional groups attached to an aromatic ring is 1. The summed E-state index contributed by atoms with van der Waals surface area (Å²) in [6.07, 6.45) is 9.95. The van der Waals surface area contributed by atoms with Crippen molar-refractivity contribution < 1.29 is 37.4 Å². The van der Waals surface area contributed by atoms with Crippen LogP contribution in [0.2, 0.25) is 0 Å². The lowest BCUT2D eigenvalue weighted by atomic mass is 9.99. The number of nitrogens with two attached hydrogens (primary N) is 1. The molecule has 1 aliphatic heterocycles. The molecule has 13 nitrogen and oxygen atoms in total. The van der Waals surface area contributed by atoms with Gasteiger partial charge in [0.05, 0.1) is 12.9 Å². The minimum absolute atomic E-state index is 0.0314. The zero-order valence-electron chi connectivity index (χ0n) is 27.8. The zero-order chi connectivity index (χ0) is 35.6. The van der Waals surface area contributed by atoms with Gasteiger partial charge in [0.15, 0.2) is 22.6 Å². The first-order valence-electron chi connectivity index (χ1n) is 16.6. The summed E-state index contributed by atoms with van der Waals surface area (Å²) in [5.41, 5.74) is 4.91. The molecule has 1 aliphatic rings. The van der Waals surface area contributed by atoms with E-state index in [1.165, 1.54) is 10.9 Å². The van der Waals surface area contributed by atoms with Crippen LogP contribution in [-0.2, 0) is 29.8 Å². The van der Waals surface area contributed by atoms with Crippen LogP contribution in [0.1, 0.15) is 63.7 Å². The quantitative estimate of drug-likeness (QED) is 0.0390. The number of hydrogen-bond acceptors (Lipinski definition) is 11. The number of halogens is 1. The van der Waals surface area contributed by atoms with Gasteiger partial charge in [-0.1, -0.05) is 93.5 Å². The number of nitrogens with zero attached hydrogens (tertiary/aromatic N) is 4. The minimum Gasteiger partial charge on any atom is -0.465 e. The number of aromatic nitrogens is 4. The Bertz CT molecular complexity index is 1810. The number of carbonyl (C=O) groups is 1. The van der Waals surface area contributed by atoms with E-state index in [-0.39, 0.29) is 42.2 Å². The van der Waals surface area contributed by atoms with Crippen molar-refractivity contribution in [1.82, 2.24) is 24.6 Å². The van der Waals surface area contributed by atoms with Gasteiger partial charge >= 0.3 is 19.8 Å². The second kappa shape index (κ2) is 17.0. The summed E-state index contributed by atoms with van der Waals surface area (Å²) < 4.78 is 53.6. The number of anilines is 1. The minimum atomic E-state index is -4.46. The predicted octanol–water partition coefficient (Wildman–Crippen LogP) is 5.51. The highest BCUT2D eigenvalue weighted by atomic mass is 31.2. The molecule has 5 rings (SSSR count). The van der Waals surface area contributed by atoms with Crippen molar-refractivity contribution in [3.05, 3.63) is 78.6 Å². The van der Waals surface area contributed by atoms with E-state index in [1.807, 2.05) is 30.3 Å². The molecule has 5 atom stereocenters.